The number of anilines is 2. The van der Waals surface area contributed by atoms with Crippen LogP contribution in [0.5, 0.6) is 5.75 Å². The highest BCUT2D eigenvalue weighted by molar-refractivity contribution is 7.90. The Morgan fingerprint density at radius 3 is 2.44 bits per heavy atom. The van der Waals surface area contributed by atoms with Gasteiger partial charge in [-0.3, -0.25) is 24.4 Å². The topological polar surface area (TPSA) is 166 Å². The van der Waals surface area contributed by atoms with Gasteiger partial charge in [0.15, 0.2) is 5.82 Å². The van der Waals surface area contributed by atoms with Crippen molar-refractivity contribution in [2.24, 2.45) is 0 Å². The van der Waals surface area contributed by atoms with E-state index in [0.717, 1.165) is 96.2 Å². The molecule has 1 unspecified atom stereocenters. The van der Waals surface area contributed by atoms with E-state index < -0.39 is 45.7 Å². The third kappa shape index (κ3) is 8.97. The summed E-state index contributed by atoms with van der Waals surface area (Å²) in [5.41, 5.74) is 4.56. The Balaban J connectivity index is 0.725. The number of amides is 3. The van der Waals surface area contributed by atoms with Gasteiger partial charge in [-0.2, -0.15) is 12.7 Å². The fourth-order valence-corrected chi connectivity index (χ4v) is 11.3. The molecule has 10 rings (SSSR count). The number of rotatable bonds is 12. The van der Waals surface area contributed by atoms with Gasteiger partial charge in [0, 0.05) is 92.1 Å². The summed E-state index contributed by atoms with van der Waals surface area (Å²) < 4.78 is 86.4. The SMILES string of the molecule is O=C1CCC(N2Cc3cc(N4CCC(O[C@@H]5CCC[C@@H](Oc6ccc(-c7cnc8[nH]cc(Cc9c(F)ccc(NS(=O)(=O)N%10CC[C@@H](F)C%10)c9F)c8c7)cc6)C5)CC4)ccc3C2=O)C(=O)N1. The maximum atomic E-state index is 15.7. The summed E-state index contributed by atoms with van der Waals surface area (Å²) in [5, 5.41) is 3.02. The summed E-state index contributed by atoms with van der Waals surface area (Å²) in [5.74, 6) is -2.03. The Morgan fingerprint density at radius 1 is 0.864 bits per heavy atom. The molecule has 4 aliphatic heterocycles. The molecule has 3 saturated heterocycles. The van der Waals surface area contributed by atoms with E-state index >= 15 is 8.78 Å². The average molecular weight is 926 g/mol. The van der Waals surface area contributed by atoms with Crippen molar-refractivity contribution in [3.8, 4) is 16.9 Å². The number of imide groups is 1. The zero-order valence-corrected chi connectivity index (χ0v) is 36.9. The van der Waals surface area contributed by atoms with Gasteiger partial charge in [0.05, 0.1) is 17.9 Å². The molecule has 3 N–H and O–H groups in total. The predicted octanol–water partition coefficient (Wildman–Crippen LogP) is 6.94. The fourth-order valence-electron chi connectivity index (χ4n) is 10.0. The van der Waals surface area contributed by atoms with E-state index in [0.29, 0.717) is 35.1 Å². The first-order valence-electron chi connectivity index (χ1n) is 22.6. The van der Waals surface area contributed by atoms with Crippen LogP contribution in [0.2, 0.25) is 0 Å². The van der Waals surface area contributed by atoms with Crippen molar-refractivity contribution in [2.45, 2.75) is 101 Å². The number of ether oxygens (including phenoxy) is 2. The molecule has 66 heavy (non-hydrogen) atoms. The predicted molar refractivity (Wildman–Crippen MR) is 240 cm³/mol. The van der Waals surface area contributed by atoms with Gasteiger partial charge in [0.2, 0.25) is 11.8 Å². The minimum absolute atomic E-state index is 0.00120. The van der Waals surface area contributed by atoms with Crippen LogP contribution in [0.1, 0.15) is 84.8 Å². The monoisotopic (exact) mass is 925 g/mol. The quantitative estimate of drug-likeness (QED) is 0.113. The molecule has 4 atom stereocenters. The third-order valence-corrected chi connectivity index (χ3v) is 15.1. The van der Waals surface area contributed by atoms with Crippen LogP contribution in [0.4, 0.5) is 24.5 Å². The molecular weight excluding hydrogens is 876 g/mol. The molecule has 5 aliphatic rings. The lowest BCUT2D eigenvalue weighted by molar-refractivity contribution is -0.136. The molecule has 0 spiro atoms. The van der Waals surface area contributed by atoms with Gasteiger partial charge in [-0.05, 0) is 110 Å². The Labute approximate surface area is 380 Å². The number of carbonyl (C=O) groups is 3. The van der Waals surface area contributed by atoms with Crippen molar-refractivity contribution < 1.29 is 45.4 Å². The Kier molecular flexibility index (Phi) is 12.0. The number of nitrogens with zero attached hydrogens (tertiary/aromatic N) is 4. The molecule has 3 amide bonds. The second kappa shape index (κ2) is 18.0. The van der Waals surface area contributed by atoms with E-state index in [2.05, 4.69) is 31.0 Å². The molecule has 4 fully saturated rings. The molecule has 346 valence electrons. The first-order valence-corrected chi connectivity index (χ1v) is 24.1. The van der Waals surface area contributed by atoms with E-state index in [1.54, 1.807) is 17.3 Å². The zero-order valence-electron chi connectivity index (χ0n) is 36.1. The summed E-state index contributed by atoms with van der Waals surface area (Å²) in [6.07, 6.45) is 8.14. The Hall–Kier alpha value is -5.98. The maximum absolute atomic E-state index is 15.7. The van der Waals surface area contributed by atoms with Crippen LogP contribution in [0.25, 0.3) is 22.2 Å². The van der Waals surface area contributed by atoms with Crippen molar-refractivity contribution in [3.63, 3.8) is 0 Å². The van der Waals surface area contributed by atoms with Crippen LogP contribution in [0, 0.1) is 11.6 Å². The van der Waals surface area contributed by atoms with Crippen molar-refractivity contribution in [1.29, 1.82) is 0 Å². The summed E-state index contributed by atoms with van der Waals surface area (Å²) in [4.78, 5) is 48.8. The molecule has 1 aliphatic carbocycles. The van der Waals surface area contributed by atoms with Crippen LogP contribution in [0.3, 0.4) is 0 Å². The highest BCUT2D eigenvalue weighted by Crippen LogP contribution is 2.35. The largest absolute Gasteiger partial charge is 0.490 e. The van der Waals surface area contributed by atoms with E-state index in [1.165, 1.54) is 0 Å². The van der Waals surface area contributed by atoms with Crippen LogP contribution >= 0.6 is 0 Å². The molecule has 3 aromatic carbocycles. The summed E-state index contributed by atoms with van der Waals surface area (Å²) in [6, 6.07) is 16.9. The van der Waals surface area contributed by atoms with Gasteiger partial charge in [-0.25, -0.2) is 18.2 Å². The lowest BCUT2D eigenvalue weighted by Gasteiger charge is -2.37. The van der Waals surface area contributed by atoms with E-state index in [1.807, 2.05) is 42.5 Å². The number of pyridine rings is 1. The number of aromatic amines is 1. The van der Waals surface area contributed by atoms with Gasteiger partial charge < -0.3 is 24.3 Å². The zero-order chi connectivity index (χ0) is 45.7. The molecule has 6 heterocycles. The number of halogens is 3. The van der Waals surface area contributed by atoms with Gasteiger partial charge in [0.25, 0.3) is 5.91 Å². The van der Waals surface area contributed by atoms with Crippen LogP contribution in [-0.2, 0) is 37.5 Å². The minimum atomic E-state index is -4.24. The van der Waals surface area contributed by atoms with E-state index in [9.17, 15) is 27.2 Å². The van der Waals surface area contributed by atoms with Gasteiger partial charge in [0.1, 0.15) is 35.5 Å². The minimum Gasteiger partial charge on any atom is -0.490 e. The number of piperidine rings is 2. The Bertz CT molecular complexity index is 2800. The van der Waals surface area contributed by atoms with Crippen LogP contribution in [-0.4, -0.2) is 102 Å². The maximum Gasteiger partial charge on any atom is 0.301 e. The highest BCUT2D eigenvalue weighted by atomic mass is 32.2. The standard InChI is InChI=1S/C48H50F3N7O7S/c49-32-14-19-57(27-32)66(62,63)55-42-11-10-41(50)40(45(42)51)22-30-25-53-46-39(30)21-29(24-52-46)28-4-7-34(8-5-28)64-36-2-1-3-37(23-36)65-35-15-17-56(18-16-35)33-6-9-38-31(20-33)26-58(48(38)61)43-12-13-44(59)54-47(43)60/h4-11,20-21,24-25,32,35-37,43,55H,1-3,12-19,22-23,26-27H2,(H,52,53)(H,54,59,60)/t32-,36-,37-,43?/m1/s1. The second-order valence-corrected chi connectivity index (χ2v) is 19.6. The molecule has 1 saturated carbocycles. The molecule has 18 heteroatoms. The smallest absolute Gasteiger partial charge is 0.301 e. The number of carbonyl (C=O) groups excluding carboxylic acids is 3. The average Bonchev–Trinajstić information content (AvgIpc) is 4.03. The van der Waals surface area contributed by atoms with Gasteiger partial charge in [-0.15, -0.1) is 0 Å². The second-order valence-electron chi connectivity index (χ2n) is 18.0. The van der Waals surface area contributed by atoms with Crippen molar-refractivity contribution in [2.75, 3.05) is 35.8 Å². The molecule has 14 nitrogen and oxygen atoms in total. The summed E-state index contributed by atoms with van der Waals surface area (Å²) >= 11 is 0. The van der Waals surface area contributed by atoms with Gasteiger partial charge in [-0.1, -0.05) is 12.1 Å². The number of hydrogen-bond acceptors (Lipinski definition) is 9. The van der Waals surface area contributed by atoms with E-state index in [-0.39, 0.29) is 68.0 Å². The number of H-pyrrole nitrogens is 1. The number of benzene rings is 3. The summed E-state index contributed by atoms with van der Waals surface area (Å²) in [7, 11) is -4.24. The highest BCUT2D eigenvalue weighted by Gasteiger charge is 2.40. The molecule has 0 bridgehead atoms. The fraction of sp³-hybridized carbons (Fsp3) is 0.417. The van der Waals surface area contributed by atoms with Crippen molar-refractivity contribution in [3.05, 3.63) is 107 Å². The number of aromatic nitrogens is 2. The van der Waals surface area contributed by atoms with Crippen molar-refractivity contribution >= 4 is 50.3 Å². The molecule has 0 radical (unpaired) electrons. The molecule has 2 aromatic heterocycles. The van der Waals surface area contributed by atoms with Crippen LogP contribution < -0.4 is 19.7 Å². The Morgan fingerprint density at radius 2 is 1.67 bits per heavy atom. The first kappa shape index (κ1) is 43.9. The van der Waals surface area contributed by atoms with Crippen molar-refractivity contribution in [1.82, 2.24) is 24.5 Å². The molecule has 5 aromatic rings. The third-order valence-electron chi connectivity index (χ3n) is 13.6. The van der Waals surface area contributed by atoms with Crippen LogP contribution in [0.15, 0.2) is 73.1 Å². The summed E-state index contributed by atoms with van der Waals surface area (Å²) in [6.45, 7) is 1.64. The number of fused-ring (bicyclic) bond motifs is 2. The number of alkyl halides is 1. The molecular formula is C48H50F3N7O7S. The normalized spacial score (nSPS) is 23.1. The first-order chi connectivity index (χ1) is 31.8. The van der Waals surface area contributed by atoms with E-state index in [4.69, 9.17) is 9.47 Å². The lowest BCUT2D eigenvalue weighted by atomic mass is 9.94. The van der Waals surface area contributed by atoms with Gasteiger partial charge >= 0.3 is 10.2 Å². The number of nitrogens with one attached hydrogen (secondary N) is 3. The number of hydrogen-bond donors (Lipinski definition) is 3. The lowest BCUT2D eigenvalue weighted by Crippen LogP contribution is -2.52.